The van der Waals surface area contributed by atoms with E-state index >= 15 is 0 Å². The maximum Gasteiger partial charge on any atom is 0.216 e. The van der Waals surface area contributed by atoms with Gasteiger partial charge in [0.05, 0.1) is 23.5 Å². The summed E-state index contributed by atoms with van der Waals surface area (Å²) in [5.41, 5.74) is 0.871. The fourth-order valence-corrected chi connectivity index (χ4v) is 4.31. The molecule has 0 amide bonds. The van der Waals surface area contributed by atoms with E-state index in [0.29, 0.717) is 24.2 Å². The molecule has 22 heavy (non-hydrogen) atoms. The molecule has 0 aromatic heterocycles. The standard InChI is InChI=1S/C16H22N2O3S/c1-4-21-15-9-14(16(15,2)3)18-22(19,20)11-13-7-5-6-12(8-13)10-17/h5-8,14-15,18H,4,9,11H2,1-3H3/t14-,15+/m0/s1. The number of nitrogens with one attached hydrogen (secondary N) is 1. The first-order valence-corrected chi connectivity index (χ1v) is 9.04. The van der Waals surface area contributed by atoms with Crippen LogP contribution in [0.3, 0.4) is 0 Å². The molecule has 0 heterocycles. The zero-order chi connectivity index (χ0) is 16.4. The third-order valence-corrected chi connectivity index (χ3v) is 5.64. The van der Waals surface area contributed by atoms with Crippen molar-refractivity contribution in [3.63, 3.8) is 0 Å². The van der Waals surface area contributed by atoms with Gasteiger partial charge in [-0.05, 0) is 31.0 Å². The van der Waals surface area contributed by atoms with Gasteiger partial charge in [-0.2, -0.15) is 5.26 Å². The Kier molecular flexibility index (Phi) is 4.90. The Labute approximate surface area is 132 Å². The molecule has 1 aliphatic rings. The van der Waals surface area contributed by atoms with Crippen molar-refractivity contribution in [3.8, 4) is 6.07 Å². The molecule has 1 N–H and O–H groups in total. The number of hydrogen-bond acceptors (Lipinski definition) is 4. The molecule has 6 heteroatoms. The van der Waals surface area contributed by atoms with Crippen LogP contribution >= 0.6 is 0 Å². The molecule has 0 aliphatic heterocycles. The Morgan fingerprint density at radius 1 is 1.45 bits per heavy atom. The van der Waals surface area contributed by atoms with E-state index in [0.717, 1.165) is 0 Å². The second-order valence-electron chi connectivity index (χ2n) is 6.24. The lowest BCUT2D eigenvalue weighted by Gasteiger charge is -2.51. The van der Waals surface area contributed by atoms with Gasteiger partial charge in [0.25, 0.3) is 0 Å². The third-order valence-electron chi connectivity index (χ3n) is 4.28. The Balaban J connectivity index is 2.02. The average molecular weight is 322 g/mol. The summed E-state index contributed by atoms with van der Waals surface area (Å²) in [6, 6.07) is 8.58. The molecule has 1 aromatic rings. The Bertz CT molecular complexity index is 677. The minimum absolute atomic E-state index is 0.0899. The van der Waals surface area contributed by atoms with Crippen LogP contribution in [0.1, 0.15) is 38.3 Å². The molecule has 0 saturated heterocycles. The number of sulfonamides is 1. The molecule has 1 saturated carbocycles. The monoisotopic (exact) mass is 322 g/mol. The highest BCUT2D eigenvalue weighted by Crippen LogP contribution is 2.43. The van der Waals surface area contributed by atoms with Crippen LogP contribution in [0.5, 0.6) is 0 Å². The largest absolute Gasteiger partial charge is 0.378 e. The Hall–Kier alpha value is -1.42. The summed E-state index contributed by atoms with van der Waals surface area (Å²) < 4.78 is 33.0. The van der Waals surface area contributed by atoms with Crippen molar-refractivity contribution in [2.45, 2.75) is 45.1 Å². The van der Waals surface area contributed by atoms with Gasteiger partial charge in [-0.1, -0.05) is 26.0 Å². The fraction of sp³-hybridized carbons (Fsp3) is 0.562. The molecule has 2 atom stereocenters. The van der Waals surface area contributed by atoms with Crippen molar-refractivity contribution in [3.05, 3.63) is 35.4 Å². The van der Waals surface area contributed by atoms with Crippen molar-refractivity contribution in [1.82, 2.24) is 4.72 Å². The maximum atomic E-state index is 12.3. The summed E-state index contributed by atoms with van der Waals surface area (Å²) in [5.74, 6) is -0.117. The predicted molar refractivity (Wildman–Crippen MR) is 84.5 cm³/mol. The molecule has 120 valence electrons. The maximum absolute atomic E-state index is 12.3. The van der Waals surface area contributed by atoms with Crippen molar-refractivity contribution >= 4 is 10.0 Å². The van der Waals surface area contributed by atoms with E-state index in [1.54, 1.807) is 24.3 Å². The van der Waals surface area contributed by atoms with Crippen LogP contribution in [0.2, 0.25) is 0 Å². The van der Waals surface area contributed by atoms with Crippen LogP contribution < -0.4 is 4.72 Å². The van der Waals surface area contributed by atoms with E-state index in [9.17, 15) is 8.42 Å². The van der Waals surface area contributed by atoms with Crippen LogP contribution in [0.4, 0.5) is 0 Å². The lowest BCUT2D eigenvalue weighted by Crippen LogP contribution is -2.62. The SMILES string of the molecule is CCO[C@@H]1C[C@H](NS(=O)(=O)Cc2cccc(C#N)c2)C1(C)C. The minimum Gasteiger partial charge on any atom is -0.378 e. The smallest absolute Gasteiger partial charge is 0.216 e. The van der Waals surface area contributed by atoms with Crippen LogP contribution in [0, 0.1) is 16.7 Å². The van der Waals surface area contributed by atoms with Gasteiger partial charge in [0.1, 0.15) is 0 Å². The molecule has 0 unspecified atom stereocenters. The summed E-state index contributed by atoms with van der Waals surface area (Å²) >= 11 is 0. The van der Waals surface area contributed by atoms with Gasteiger partial charge >= 0.3 is 0 Å². The highest BCUT2D eigenvalue weighted by molar-refractivity contribution is 7.88. The van der Waals surface area contributed by atoms with Gasteiger partial charge in [0.2, 0.25) is 10.0 Å². The van der Waals surface area contributed by atoms with Gasteiger partial charge < -0.3 is 4.74 Å². The van der Waals surface area contributed by atoms with Gasteiger partial charge in [0.15, 0.2) is 0 Å². The zero-order valence-electron chi connectivity index (χ0n) is 13.2. The highest BCUT2D eigenvalue weighted by atomic mass is 32.2. The molecule has 1 fully saturated rings. The summed E-state index contributed by atoms with van der Waals surface area (Å²) in [5, 5.41) is 8.87. The van der Waals surface area contributed by atoms with Crippen molar-refractivity contribution < 1.29 is 13.2 Å². The lowest BCUT2D eigenvalue weighted by atomic mass is 9.65. The Morgan fingerprint density at radius 2 is 2.18 bits per heavy atom. The van der Waals surface area contributed by atoms with Gasteiger partial charge in [-0.3, -0.25) is 0 Å². The summed E-state index contributed by atoms with van der Waals surface area (Å²) in [4.78, 5) is 0. The first kappa shape index (κ1) is 16.9. The van der Waals surface area contributed by atoms with Crippen molar-refractivity contribution in [1.29, 1.82) is 5.26 Å². The molecule has 2 rings (SSSR count). The van der Waals surface area contributed by atoms with Crippen LogP contribution in [-0.2, 0) is 20.5 Å². The van der Waals surface area contributed by atoms with Crippen molar-refractivity contribution in [2.75, 3.05) is 6.61 Å². The topological polar surface area (TPSA) is 79.2 Å². The van der Waals surface area contributed by atoms with E-state index in [1.807, 2.05) is 26.8 Å². The number of nitrogens with zero attached hydrogens (tertiary/aromatic N) is 1. The Morgan fingerprint density at radius 3 is 2.77 bits per heavy atom. The summed E-state index contributed by atoms with van der Waals surface area (Å²) in [7, 11) is -3.44. The molecule has 0 radical (unpaired) electrons. The molecular weight excluding hydrogens is 300 g/mol. The van der Waals surface area contributed by atoms with Gasteiger partial charge in [-0.15, -0.1) is 0 Å². The second-order valence-corrected chi connectivity index (χ2v) is 8.00. The van der Waals surface area contributed by atoms with Crippen LogP contribution in [0.25, 0.3) is 0 Å². The fourth-order valence-electron chi connectivity index (χ4n) is 2.78. The lowest BCUT2D eigenvalue weighted by molar-refractivity contribution is -0.108. The van der Waals surface area contributed by atoms with Gasteiger partial charge in [-0.25, -0.2) is 13.1 Å². The van der Waals surface area contributed by atoms with Gasteiger partial charge in [0, 0.05) is 18.1 Å². The third kappa shape index (κ3) is 3.67. The van der Waals surface area contributed by atoms with Crippen LogP contribution in [-0.4, -0.2) is 27.2 Å². The van der Waals surface area contributed by atoms with Crippen molar-refractivity contribution in [2.24, 2.45) is 5.41 Å². The number of hydrogen-bond donors (Lipinski definition) is 1. The molecular formula is C16H22N2O3S. The first-order chi connectivity index (χ1) is 10.3. The van der Waals surface area contributed by atoms with E-state index < -0.39 is 10.0 Å². The molecule has 1 aromatic carbocycles. The van der Waals surface area contributed by atoms with E-state index in [1.165, 1.54) is 0 Å². The molecule has 5 nitrogen and oxygen atoms in total. The van der Waals surface area contributed by atoms with Crippen LogP contribution in [0.15, 0.2) is 24.3 Å². The zero-order valence-corrected chi connectivity index (χ0v) is 14.0. The van der Waals surface area contributed by atoms with E-state index in [-0.39, 0.29) is 23.3 Å². The molecule has 0 bridgehead atoms. The number of nitriles is 1. The normalized spacial score (nSPS) is 23.5. The number of ether oxygens (including phenoxy) is 1. The minimum atomic E-state index is -3.44. The quantitative estimate of drug-likeness (QED) is 0.870. The molecule has 0 spiro atoms. The molecule has 1 aliphatic carbocycles. The summed E-state index contributed by atoms with van der Waals surface area (Å²) in [6.45, 7) is 6.60. The second kappa shape index (κ2) is 6.37. The number of benzene rings is 1. The summed E-state index contributed by atoms with van der Waals surface area (Å²) in [6.07, 6.45) is 0.783. The highest BCUT2D eigenvalue weighted by Gasteiger charge is 2.50. The first-order valence-electron chi connectivity index (χ1n) is 7.39. The van der Waals surface area contributed by atoms with E-state index in [2.05, 4.69) is 4.72 Å². The predicted octanol–water partition coefficient (Wildman–Crippen LogP) is 2.18. The number of rotatable bonds is 6. The van der Waals surface area contributed by atoms with E-state index in [4.69, 9.17) is 10.00 Å². The average Bonchev–Trinajstić information content (AvgIpc) is 2.46.